The second kappa shape index (κ2) is 5.54. The predicted octanol–water partition coefficient (Wildman–Crippen LogP) is 2.11. The van der Waals surface area contributed by atoms with E-state index in [4.69, 9.17) is 4.42 Å². The van der Waals surface area contributed by atoms with Crippen LogP contribution < -0.4 is 10.0 Å². The average molecular weight is 324 g/mol. The summed E-state index contributed by atoms with van der Waals surface area (Å²) in [5, 5.41) is 1.99. The van der Waals surface area contributed by atoms with Crippen LogP contribution in [0.4, 0.5) is 10.1 Å². The highest BCUT2D eigenvalue weighted by atomic mass is 32.2. The summed E-state index contributed by atoms with van der Waals surface area (Å²) in [5.41, 5.74) is -0.00980. The zero-order valence-electron chi connectivity index (χ0n) is 11.4. The fourth-order valence-electron chi connectivity index (χ4n) is 1.81. The van der Waals surface area contributed by atoms with Gasteiger partial charge in [-0.2, -0.15) is 0 Å². The second-order valence-electron chi connectivity index (χ2n) is 4.95. The topological polar surface area (TPSA) is 88.4 Å². The minimum Gasteiger partial charge on any atom is -0.438 e. The Kier molecular flexibility index (Phi) is 3.71. The van der Waals surface area contributed by atoms with Crippen molar-refractivity contribution >= 4 is 21.6 Å². The zero-order valence-corrected chi connectivity index (χ0v) is 12.2. The number of sulfonamides is 1. The lowest BCUT2D eigenvalue weighted by molar-refractivity contribution is 0.0991. The van der Waals surface area contributed by atoms with Crippen molar-refractivity contribution in [1.82, 2.24) is 4.72 Å². The molecule has 6 nitrogen and oxygen atoms in total. The van der Waals surface area contributed by atoms with Crippen LogP contribution in [0.25, 0.3) is 0 Å². The van der Waals surface area contributed by atoms with Gasteiger partial charge in [0.2, 0.25) is 5.09 Å². The van der Waals surface area contributed by atoms with Gasteiger partial charge in [0.15, 0.2) is 5.76 Å². The van der Waals surface area contributed by atoms with E-state index in [1.807, 2.05) is 0 Å². The molecule has 0 radical (unpaired) electrons. The number of hydrogen-bond donors (Lipinski definition) is 2. The van der Waals surface area contributed by atoms with Crippen molar-refractivity contribution in [2.75, 3.05) is 5.32 Å². The highest BCUT2D eigenvalue weighted by Crippen LogP contribution is 2.23. The Hall–Kier alpha value is -2.19. The molecule has 1 aliphatic rings. The number of anilines is 1. The van der Waals surface area contributed by atoms with Gasteiger partial charge in [-0.15, -0.1) is 0 Å². The Labute approximate surface area is 126 Å². The highest BCUT2D eigenvalue weighted by molar-refractivity contribution is 7.89. The summed E-state index contributed by atoms with van der Waals surface area (Å²) in [5.74, 6) is -1.52. The molecular formula is C14H13FN2O4S. The van der Waals surface area contributed by atoms with Gasteiger partial charge in [-0.25, -0.2) is 17.5 Å². The van der Waals surface area contributed by atoms with Gasteiger partial charge in [0, 0.05) is 6.04 Å². The average Bonchev–Trinajstić information content (AvgIpc) is 3.12. The number of halogens is 1. The first-order valence-electron chi connectivity index (χ1n) is 6.64. The van der Waals surface area contributed by atoms with Crippen LogP contribution in [0.1, 0.15) is 23.4 Å². The fraction of sp³-hybridized carbons (Fsp3) is 0.214. The van der Waals surface area contributed by atoms with Crippen LogP contribution in [-0.4, -0.2) is 20.4 Å². The number of carbonyl (C=O) groups is 1. The van der Waals surface area contributed by atoms with Gasteiger partial charge in [0.05, 0.1) is 5.69 Å². The molecule has 0 spiro atoms. The molecule has 116 valence electrons. The standard InChI is InChI=1S/C14H13FN2O4S/c15-10-3-1-2-4-11(10)16-14(18)12-7-8-13(21-12)22(19,20)17-9-5-6-9/h1-4,7-9,17H,5-6H2,(H,16,18). The van der Waals surface area contributed by atoms with Crippen molar-refractivity contribution in [3.05, 3.63) is 48.0 Å². The van der Waals surface area contributed by atoms with Crippen molar-refractivity contribution < 1.29 is 22.0 Å². The molecule has 0 aliphatic heterocycles. The van der Waals surface area contributed by atoms with Crippen molar-refractivity contribution in [1.29, 1.82) is 0 Å². The Balaban J connectivity index is 1.75. The molecule has 1 aromatic heterocycles. The van der Waals surface area contributed by atoms with E-state index in [0.29, 0.717) is 0 Å². The minimum atomic E-state index is -3.76. The second-order valence-corrected chi connectivity index (χ2v) is 6.59. The van der Waals surface area contributed by atoms with Crippen LogP contribution in [0.5, 0.6) is 0 Å². The van der Waals surface area contributed by atoms with E-state index in [9.17, 15) is 17.6 Å². The van der Waals surface area contributed by atoms with Crippen LogP contribution in [0.2, 0.25) is 0 Å². The number of hydrogen-bond acceptors (Lipinski definition) is 4. The maximum atomic E-state index is 13.5. The smallest absolute Gasteiger partial charge is 0.291 e. The first-order valence-corrected chi connectivity index (χ1v) is 8.12. The summed E-state index contributed by atoms with van der Waals surface area (Å²) < 4.78 is 44.8. The third kappa shape index (κ3) is 3.18. The van der Waals surface area contributed by atoms with E-state index >= 15 is 0 Å². The number of benzene rings is 1. The lowest BCUT2D eigenvalue weighted by Crippen LogP contribution is -2.25. The van der Waals surface area contributed by atoms with E-state index in [0.717, 1.165) is 12.8 Å². The van der Waals surface area contributed by atoms with E-state index in [-0.39, 0.29) is 22.6 Å². The molecule has 0 atom stereocenters. The van der Waals surface area contributed by atoms with Crippen LogP contribution in [0.15, 0.2) is 45.9 Å². The Morgan fingerprint density at radius 2 is 1.91 bits per heavy atom. The lowest BCUT2D eigenvalue weighted by atomic mass is 10.3. The van der Waals surface area contributed by atoms with Crippen LogP contribution in [-0.2, 0) is 10.0 Å². The molecule has 1 fully saturated rings. The normalized spacial score (nSPS) is 14.8. The van der Waals surface area contributed by atoms with E-state index in [2.05, 4.69) is 10.0 Å². The van der Waals surface area contributed by atoms with Crippen molar-refractivity contribution in [2.45, 2.75) is 24.0 Å². The predicted molar refractivity (Wildman–Crippen MR) is 76.4 cm³/mol. The van der Waals surface area contributed by atoms with Gasteiger partial charge in [-0.3, -0.25) is 4.79 Å². The molecule has 1 saturated carbocycles. The summed E-state index contributed by atoms with van der Waals surface area (Å²) in [7, 11) is -3.76. The molecular weight excluding hydrogens is 311 g/mol. The highest BCUT2D eigenvalue weighted by Gasteiger charge is 2.30. The molecule has 22 heavy (non-hydrogen) atoms. The van der Waals surface area contributed by atoms with Gasteiger partial charge in [-0.05, 0) is 37.1 Å². The van der Waals surface area contributed by atoms with Crippen LogP contribution in [0, 0.1) is 5.82 Å². The number of para-hydroxylation sites is 1. The molecule has 2 aromatic rings. The van der Waals surface area contributed by atoms with Crippen molar-refractivity contribution in [3.8, 4) is 0 Å². The van der Waals surface area contributed by atoms with Gasteiger partial charge in [0.1, 0.15) is 5.82 Å². The van der Waals surface area contributed by atoms with Gasteiger partial charge < -0.3 is 9.73 Å². The van der Waals surface area contributed by atoms with Crippen LogP contribution >= 0.6 is 0 Å². The van der Waals surface area contributed by atoms with Gasteiger partial charge in [0.25, 0.3) is 15.9 Å². The Morgan fingerprint density at radius 3 is 2.59 bits per heavy atom. The van der Waals surface area contributed by atoms with E-state index < -0.39 is 21.7 Å². The summed E-state index contributed by atoms with van der Waals surface area (Å²) >= 11 is 0. The zero-order chi connectivity index (χ0) is 15.7. The Bertz CT molecular complexity index is 812. The molecule has 3 rings (SSSR count). The lowest BCUT2D eigenvalue weighted by Gasteiger charge is -2.04. The number of rotatable bonds is 5. The summed E-state index contributed by atoms with van der Waals surface area (Å²) in [4.78, 5) is 12.0. The van der Waals surface area contributed by atoms with E-state index in [1.165, 1.54) is 30.3 Å². The molecule has 1 heterocycles. The summed E-state index contributed by atoms with van der Waals surface area (Å²) in [6, 6.07) is 8.02. The molecule has 1 aliphatic carbocycles. The molecule has 8 heteroatoms. The minimum absolute atomic E-state index is 0.00980. The number of amides is 1. The maximum Gasteiger partial charge on any atom is 0.291 e. The number of nitrogens with one attached hydrogen (secondary N) is 2. The quantitative estimate of drug-likeness (QED) is 0.881. The third-order valence-electron chi connectivity index (χ3n) is 3.09. The van der Waals surface area contributed by atoms with Gasteiger partial charge >= 0.3 is 0 Å². The number of furan rings is 1. The molecule has 0 unspecified atom stereocenters. The summed E-state index contributed by atoms with van der Waals surface area (Å²) in [6.45, 7) is 0. The van der Waals surface area contributed by atoms with Crippen LogP contribution in [0.3, 0.4) is 0 Å². The van der Waals surface area contributed by atoms with E-state index in [1.54, 1.807) is 6.07 Å². The first kappa shape index (κ1) is 14.7. The molecule has 0 saturated heterocycles. The number of carbonyl (C=O) groups excluding carboxylic acids is 1. The largest absolute Gasteiger partial charge is 0.438 e. The molecule has 1 amide bonds. The Morgan fingerprint density at radius 1 is 1.18 bits per heavy atom. The fourth-order valence-corrected chi connectivity index (χ4v) is 3.05. The molecule has 0 bridgehead atoms. The first-order chi connectivity index (χ1) is 10.5. The monoisotopic (exact) mass is 324 g/mol. The summed E-state index contributed by atoms with van der Waals surface area (Å²) in [6.07, 6.45) is 1.58. The molecule has 2 N–H and O–H groups in total. The third-order valence-corrected chi connectivity index (χ3v) is 4.48. The SMILES string of the molecule is O=C(Nc1ccccc1F)c1ccc(S(=O)(=O)NC2CC2)o1. The van der Waals surface area contributed by atoms with Gasteiger partial charge in [-0.1, -0.05) is 12.1 Å². The van der Waals surface area contributed by atoms with Crippen molar-refractivity contribution in [2.24, 2.45) is 0 Å². The maximum absolute atomic E-state index is 13.5. The van der Waals surface area contributed by atoms with Crippen molar-refractivity contribution in [3.63, 3.8) is 0 Å². The molecule has 1 aromatic carbocycles.